The Morgan fingerprint density at radius 1 is 1.07 bits per heavy atom. The van der Waals surface area contributed by atoms with Crippen LogP contribution >= 0.6 is 0 Å². The lowest BCUT2D eigenvalue weighted by Crippen LogP contribution is -2.31. The van der Waals surface area contributed by atoms with Gasteiger partial charge in [-0.05, 0) is 68.6 Å². The first kappa shape index (κ1) is 21.3. The Morgan fingerprint density at radius 3 is 2.38 bits per heavy atom. The minimum atomic E-state index is -0.351. The standard InChI is InChI=1S/C24H31NO4/c1-5-21(26)28-20-15-19-11-9-10-18(14-16(3)25-12-7-8-13-25)23(19)17(4)24(20)29-22(27)6-2/h9-11,15-16H,5-8,12-14H2,1-4H3. The van der Waals surface area contributed by atoms with E-state index in [1.54, 1.807) is 13.8 Å². The first-order valence-electron chi connectivity index (χ1n) is 10.6. The molecule has 1 unspecified atom stereocenters. The summed E-state index contributed by atoms with van der Waals surface area (Å²) in [6, 6.07) is 8.46. The van der Waals surface area contributed by atoms with Gasteiger partial charge < -0.3 is 14.4 Å². The summed E-state index contributed by atoms with van der Waals surface area (Å²) in [7, 11) is 0. The van der Waals surface area contributed by atoms with Crippen LogP contribution in [-0.2, 0) is 16.0 Å². The van der Waals surface area contributed by atoms with Gasteiger partial charge in [0.25, 0.3) is 0 Å². The average molecular weight is 398 g/mol. The fourth-order valence-electron chi connectivity index (χ4n) is 4.09. The summed E-state index contributed by atoms with van der Waals surface area (Å²) < 4.78 is 11.1. The van der Waals surface area contributed by atoms with Crippen LogP contribution in [0.2, 0.25) is 0 Å². The summed E-state index contributed by atoms with van der Waals surface area (Å²) in [5, 5.41) is 2.07. The SMILES string of the molecule is CCC(=O)Oc1cc2cccc(CC(C)N3CCCC3)c2c(C)c1OC(=O)CC. The number of likely N-dealkylation sites (tertiary alicyclic amines) is 1. The molecule has 0 spiro atoms. The van der Waals surface area contributed by atoms with Gasteiger partial charge in [-0.15, -0.1) is 0 Å². The summed E-state index contributed by atoms with van der Waals surface area (Å²) in [5.74, 6) is -0.0265. The summed E-state index contributed by atoms with van der Waals surface area (Å²) in [5.41, 5.74) is 2.06. The average Bonchev–Trinajstić information content (AvgIpc) is 3.25. The van der Waals surface area contributed by atoms with Gasteiger partial charge in [0.1, 0.15) is 0 Å². The number of fused-ring (bicyclic) bond motifs is 1. The van der Waals surface area contributed by atoms with E-state index >= 15 is 0 Å². The van der Waals surface area contributed by atoms with E-state index in [0.717, 1.165) is 35.8 Å². The first-order valence-corrected chi connectivity index (χ1v) is 10.6. The molecule has 2 aromatic carbocycles. The lowest BCUT2D eigenvalue weighted by molar-refractivity contribution is -0.136. The lowest BCUT2D eigenvalue weighted by atomic mass is 9.94. The van der Waals surface area contributed by atoms with Crippen LogP contribution in [0, 0.1) is 6.92 Å². The van der Waals surface area contributed by atoms with E-state index in [1.807, 2.05) is 25.1 Å². The number of hydrogen-bond acceptors (Lipinski definition) is 5. The Morgan fingerprint density at radius 2 is 1.72 bits per heavy atom. The molecule has 29 heavy (non-hydrogen) atoms. The Balaban J connectivity index is 2.06. The van der Waals surface area contributed by atoms with Crippen molar-refractivity contribution in [2.75, 3.05) is 13.1 Å². The molecule has 0 saturated carbocycles. The molecule has 1 atom stereocenters. The van der Waals surface area contributed by atoms with E-state index in [0.29, 0.717) is 17.5 Å². The van der Waals surface area contributed by atoms with Crippen molar-refractivity contribution in [2.24, 2.45) is 0 Å². The normalized spacial score (nSPS) is 15.4. The number of nitrogens with zero attached hydrogens (tertiary/aromatic N) is 1. The van der Waals surface area contributed by atoms with E-state index in [4.69, 9.17) is 9.47 Å². The molecule has 1 fully saturated rings. The Hall–Kier alpha value is -2.40. The van der Waals surface area contributed by atoms with Crippen LogP contribution in [0.4, 0.5) is 0 Å². The predicted molar refractivity (Wildman–Crippen MR) is 115 cm³/mol. The van der Waals surface area contributed by atoms with Crippen LogP contribution in [-0.4, -0.2) is 36.0 Å². The monoisotopic (exact) mass is 397 g/mol. The number of carbonyl (C=O) groups excluding carboxylic acids is 2. The van der Waals surface area contributed by atoms with Gasteiger partial charge in [0.15, 0.2) is 11.5 Å². The van der Waals surface area contributed by atoms with Crippen molar-refractivity contribution in [3.05, 3.63) is 35.4 Å². The van der Waals surface area contributed by atoms with Crippen LogP contribution < -0.4 is 9.47 Å². The minimum Gasteiger partial charge on any atom is -0.422 e. The highest BCUT2D eigenvalue weighted by molar-refractivity contribution is 5.94. The van der Waals surface area contributed by atoms with Gasteiger partial charge in [-0.3, -0.25) is 9.59 Å². The van der Waals surface area contributed by atoms with E-state index < -0.39 is 0 Å². The molecule has 1 saturated heterocycles. The van der Waals surface area contributed by atoms with Crippen molar-refractivity contribution in [1.29, 1.82) is 0 Å². The molecule has 0 N–H and O–H groups in total. The third-order valence-electron chi connectivity index (χ3n) is 5.71. The number of aryl methyl sites for hydroxylation is 1. The Bertz CT molecular complexity index is 899. The lowest BCUT2D eigenvalue weighted by Gasteiger charge is -2.25. The van der Waals surface area contributed by atoms with Crippen LogP contribution in [0.25, 0.3) is 10.8 Å². The van der Waals surface area contributed by atoms with Gasteiger partial charge >= 0.3 is 11.9 Å². The highest BCUT2D eigenvalue weighted by atomic mass is 16.6. The van der Waals surface area contributed by atoms with E-state index in [1.165, 1.54) is 18.4 Å². The summed E-state index contributed by atoms with van der Waals surface area (Å²) >= 11 is 0. The minimum absolute atomic E-state index is 0.256. The second-order valence-electron chi connectivity index (χ2n) is 7.80. The van der Waals surface area contributed by atoms with E-state index in [9.17, 15) is 9.59 Å². The molecule has 5 nitrogen and oxygen atoms in total. The molecule has 0 amide bonds. The largest absolute Gasteiger partial charge is 0.422 e. The molecule has 5 heteroatoms. The van der Waals surface area contributed by atoms with Crippen LogP contribution in [0.5, 0.6) is 11.5 Å². The maximum absolute atomic E-state index is 12.0. The number of rotatable bonds is 7. The van der Waals surface area contributed by atoms with Gasteiger partial charge in [-0.1, -0.05) is 32.0 Å². The third-order valence-corrected chi connectivity index (χ3v) is 5.71. The number of hydrogen-bond donors (Lipinski definition) is 0. The Labute approximate surface area is 173 Å². The van der Waals surface area contributed by atoms with Crippen LogP contribution in [0.15, 0.2) is 24.3 Å². The molecule has 156 valence electrons. The third kappa shape index (κ3) is 4.78. The highest BCUT2D eigenvalue weighted by Crippen LogP contribution is 2.39. The molecular weight excluding hydrogens is 366 g/mol. The van der Waals surface area contributed by atoms with Crippen molar-refractivity contribution in [3.63, 3.8) is 0 Å². The van der Waals surface area contributed by atoms with Gasteiger partial charge in [-0.2, -0.15) is 0 Å². The van der Waals surface area contributed by atoms with Gasteiger partial charge in [0, 0.05) is 24.4 Å². The number of benzene rings is 2. The molecule has 1 aliphatic heterocycles. The number of esters is 2. The summed E-state index contributed by atoms with van der Waals surface area (Å²) in [4.78, 5) is 26.5. The van der Waals surface area contributed by atoms with Crippen molar-refractivity contribution in [1.82, 2.24) is 4.90 Å². The molecule has 1 heterocycles. The second kappa shape index (κ2) is 9.40. The van der Waals surface area contributed by atoms with Crippen molar-refractivity contribution in [2.45, 2.75) is 65.8 Å². The van der Waals surface area contributed by atoms with Crippen LogP contribution in [0.3, 0.4) is 0 Å². The smallest absolute Gasteiger partial charge is 0.311 e. The molecule has 0 radical (unpaired) electrons. The zero-order chi connectivity index (χ0) is 21.0. The zero-order valence-electron chi connectivity index (χ0n) is 17.9. The fraction of sp³-hybridized carbons (Fsp3) is 0.500. The van der Waals surface area contributed by atoms with E-state index in [2.05, 4.69) is 17.9 Å². The predicted octanol–water partition coefficient (Wildman–Crippen LogP) is 4.81. The quantitative estimate of drug-likeness (QED) is 0.496. The summed E-state index contributed by atoms with van der Waals surface area (Å²) in [6.45, 7) is 10.0. The Kier molecular flexibility index (Phi) is 6.91. The molecule has 0 aliphatic carbocycles. The second-order valence-corrected chi connectivity index (χ2v) is 7.80. The fourth-order valence-corrected chi connectivity index (χ4v) is 4.09. The van der Waals surface area contributed by atoms with E-state index in [-0.39, 0.29) is 24.8 Å². The van der Waals surface area contributed by atoms with Crippen molar-refractivity contribution < 1.29 is 19.1 Å². The van der Waals surface area contributed by atoms with Gasteiger partial charge in [0.05, 0.1) is 0 Å². The maximum Gasteiger partial charge on any atom is 0.311 e. The molecule has 0 aromatic heterocycles. The zero-order valence-corrected chi connectivity index (χ0v) is 17.9. The number of ether oxygens (including phenoxy) is 2. The first-order chi connectivity index (χ1) is 13.9. The van der Waals surface area contributed by atoms with Gasteiger partial charge in [-0.25, -0.2) is 0 Å². The van der Waals surface area contributed by atoms with Crippen molar-refractivity contribution >= 4 is 22.7 Å². The molecule has 3 rings (SSSR count). The highest BCUT2D eigenvalue weighted by Gasteiger charge is 2.22. The van der Waals surface area contributed by atoms with Crippen molar-refractivity contribution in [3.8, 4) is 11.5 Å². The van der Waals surface area contributed by atoms with Crippen LogP contribution in [0.1, 0.15) is 57.6 Å². The summed E-state index contributed by atoms with van der Waals surface area (Å²) in [6.07, 6.45) is 3.97. The topological polar surface area (TPSA) is 55.8 Å². The molecule has 0 bridgehead atoms. The maximum atomic E-state index is 12.0. The van der Waals surface area contributed by atoms with Gasteiger partial charge in [0.2, 0.25) is 0 Å². The molecule has 2 aromatic rings. The molecular formula is C24H31NO4. The molecule has 1 aliphatic rings. The number of carbonyl (C=O) groups is 2.